The van der Waals surface area contributed by atoms with Crippen molar-refractivity contribution < 1.29 is 14.3 Å². The molecular weight excluding hydrogens is 254 g/mol. The molecule has 0 fully saturated rings. The molecular formula is C16H19NO3. The average molecular weight is 273 g/mol. The number of benzene rings is 1. The molecule has 2 aromatic rings. The van der Waals surface area contributed by atoms with Crippen LogP contribution in [-0.2, 0) is 0 Å². The second-order valence-corrected chi connectivity index (χ2v) is 4.93. The molecule has 0 saturated heterocycles. The Morgan fingerprint density at radius 3 is 2.70 bits per heavy atom. The van der Waals surface area contributed by atoms with E-state index in [0.717, 1.165) is 16.7 Å². The Hall–Kier alpha value is -2.07. The van der Waals surface area contributed by atoms with Crippen LogP contribution in [0.2, 0.25) is 0 Å². The minimum atomic E-state index is -0.226. The number of hydrogen-bond donors (Lipinski definition) is 1. The first kappa shape index (κ1) is 14.3. The van der Waals surface area contributed by atoms with Crippen LogP contribution in [0, 0.1) is 13.8 Å². The largest absolute Gasteiger partial charge is 0.451 e. The third kappa shape index (κ3) is 2.91. The number of aryl methyl sites for hydroxylation is 2. The van der Waals surface area contributed by atoms with Crippen LogP contribution in [0.3, 0.4) is 0 Å². The predicted molar refractivity (Wildman–Crippen MR) is 77.7 cm³/mol. The molecule has 0 bridgehead atoms. The number of aliphatic hydroxyl groups excluding tert-OH is 1. The fraction of sp³-hybridized carbons (Fsp3) is 0.312. The molecule has 4 heteroatoms. The quantitative estimate of drug-likeness (QED) is 0.931. The van der Waals surface area contributed by atoms with Gasteiger partial charge in [-0.25, -0.2) is 0 Å². The first-order chi connectivity index (χ1) is 9.52. The molecule has 2 rings (SSSR count). The molecule has 106 valence electrons. The van der Waals surface area contributed by atoms with Gasteiger partial charge in [-0.2, -0.15) is 0 Å². The highest BCUT2D eigenvalue weighted by atomic mass is 16.4. The summed E-state index contributed by atoms with van der Waals surface area (Å²) < 4.78 is 5.66. The van der Waals surface area contributed by atoms with E-state index in [-0.39, 0.29) is 18.3 Å². The van der Waals surface area contributed by atoms with Crippen molar-refractivity contribution in [3.05, 3.63) is 47.2 Å². The normalized spacial score (nSPS) is 10.6. The Kier molecular flexibility index (Phi) is 4.25. The molecule has 0 aliphatic rings. The van der Waals surface area contributed by atoms with Crippen molar-refractivity contribution in [3.8, 4) is 11.3 Å². The van der Waals surface area contributed by atoms with E-state index < -0.39 is 0 Å². The second kappa shape index (κ2) is 5.92. The fourth-order valence-corrected chi connectivity index (χ4v) is 2.04. The van der Waals surface area contributed by atoms with Crippen molar-refractivity contribution >= 4 is 5.91 Å². The second-order valence-electron chi connectivity index (χ2n) is 4.93. The number of nitrogens with zero attached hydrogens (tertiary/aromatic N) is 1. The lowest BCUT2D eigenvalue weighted by atomic mass is 10.0. The minimum absolute atomic E-state index is 0.0627. The monoisotopic (exact) mass is 273 g/mol. The van der Waals surface area contributed by atoms with Crippen molar-refractivity contribution in [2.75, 3.05) is 20.2 Å². The molecule has 20 heavy (non-hydrogen) atoms. The number of carbonyl (C=O) groups is 1. The number of amides is 1. The van der Waals surface area contributed by atoms with Gasteiger partial charge in [0.15, 0.2) is 5.76 Å². The summed E-state index contributed by atoms with van der Waals surface area (Å²) in [7, 11) is 1.64. The molecule has 0 unspecified atom stereocenters. The summed E-state index contributed by atoms with van der Waals surface area (Å²) >= 11 is 0. The Bertz CT molecular complexity index is 616. The van der Waals surface area contributed by atoms with Crippen LogP contribution < -0.4 is 0 Å². The third-order valence-corrected chi connectivity index (χ3v) is 3.26. The maximum absolute atomic E-state index is 12.1. The molecule has 1 N–H and O–H groups in total. The standard InChI is InChI=1S/C16H19NO3/c1-11-4-5-12(2)13(10-11)14-6-7-15(20-14)16(19)17(3)8-9-18/h4-7,10,18H,8-9H2,1-3H3. The fourth-order valence-electron chi connectivity index (χ4n) is 2.04. The molecule has 0 atom stereocenters. The average Bonchev–Trinajstić information content (AvgIpc) is 2.90. The van der Waals surface area contributed by atoms with E-state index in [9.17, 15) is 4.79 Å². The Labute approximate surface area is 118 Å². The van der Waals surface area contributed by atoms with Crippen LogP contribution in [0.4, 0.5) is 0 Å². The zero-order valence-corrected chi connectivity index (χ0v) is 12.0. The van der Waals surface area contributed by atoms with E-state index in [1.165, 1.54) is 4.90 Å². The van der Waals surface area contributed by atoms with Crippen LogP contribution in [0.1, 0.15) is 21.7 Å². The summed E-state index contributed by atoms with van der Waals surface area (Å²) in [5.41, 5.74) is 3.24. The summed E-state index contributed by atoms with van der Waals surface area (Å²) in [5, 5.41) is 8.86. The van der Waals surface area contributed by atoms with Gasteiger partial charge in [-0.15, -0.1) is 0 Å². The SMILES string of the molecule is Cc1ccc(C)c(-c2ccc(C(=O)N(C)CCO)o2)c1. The van der Waals surface area contributed by atoms with Gasteiger partial charge in [-0.05, 0) is 37.6 Å². The Morgan fingerprint density at radius 1 is 1.25 bits per heavy atom. The summed E-state index contributed by atoms with van der Waals surface area (Å²) in [6.45, 7) is 4.26. The molecule has 1 amide bonds. The lowest BCUT2D eigenvalue weighted by Crippen LogP contribution is -2.29. The number of hydrogen-bond acceptors (Lipinski definition) is 3. The minimum Gasteiger partial charge on any atom is -0.451 e. The van der Waals surface area contributed by atoms with Crippen molar-refractivity contribution in [1.29, 1.82) is 0 Å². The third-order valence-electron chi connectivity index (χ3n) is 3.26. The summed E-state index contributed by atoms with van der Waals surface area (Å²) in [5.74, 6) is 0.749. The predicted octanol–water partition coefficient (Wildman–Crippen LogP) is 2.63. The smallest absolute Gasteiger partial charge is 0.289 e. The number of aliphatic hydroxyl groups is 1. The summed E-state index contributed by atoms with van der Waals surface area (Å²) in [6, 6.07) is 9.60. The molecule has 0 aliphatic heterocycles. The molecule has 0 radical (unpaired) electrons. The van der Waals surface area contributed by atoms with Gasteiger partial charge in [0, 0.05) is 19.2 Å². The van der Waals surface area contributed by atoms with E-state index >= 15 is 0 Å². The molecule has 0 spiro atoms. The zero-order valence-electron chi connectivity index (χ0n) is 12.0. The lowest BCUT2D eigenvalue weighted by molar-refractivity contribution is 0.0736. The van der Waals surface area contributed by atoms with E-state index in [2.05, 4.69) is 0 Å². The summed E-state index contributed by atoms with van der Waals surface area (Å²) in [4.78, 5) is 13.5. The first-order valence-electron chi connectivity index (χ1n) is 6.56. The van der Waals surface area contributed by atoms with E-state index in [1.54, 1.807) is 13.1 Å². The van der Waals surface area contributed by atoms with Gasteiger partial charge < -0.3 is 14.4 Å². The van der Waals surface area contributed by atoms with Crippen molar-refractivity contribution in [2.45, 2.75) is 13.8 Å². The molecule has 1 aromatic carbocycles. The molecule has 1 aromatic heterocycles. The lowest BCUT2D eigenvalue weighted by Gasteiger charge is -2.13. The van der Waals surface area contributed by atoms with Gasteiger partial charge in [0.05, 0.1) is 6.61 Å². The Morgan fingerprint density at radius 2 is 2.00 bits per heavy atom. The van der Waals surface area contributed by atoms with Crippen molar-refractivity contribution in [2.24, 2.45) is 0 Å². The first-order valence-corrected chi connectivity index (χ1v) is 6.56. The van der Waals surface area contributed by atoms with Gasteiger partial charge in [0.2, 0.25) is 0 Å². The molecule has 4 nitrogen and oxygen atoms in total. The van der Waals surface area contributed by atoms with Gasteiger partial charge in [-0.3, -0.25) is 4.79 Å². The number of likely N-dealkylation sites (N-methyl/N-ethyl adjacent to an activating group) is 1. The van der Waals surface area contributed by atoms with Crippen LogP contribution in [0.5, 0.6) is 0 Å². The highest BCUT2D eigenvalue weighted by Crippen LogP contribution is 2.26. The van der Waals surface area contributed by atoms with Crippen molar-refractivity contribution in [1.82, 2.24) is 4.90 Å². The topological polar surface area (TPSA) is 53.7 Å². The number of furan rings is 1. The van der Waals surface area contributed by atoms with Crippen LogP contribution >= 0.6 is 0 Å². The zero-order chi connectivity index (χ0) is 14.7. The highest BCUT2D eigenvalue weighted by Gasteiger charge is 2.16. The maximum atomic E-state index is 12.1. The summed E-state index contributed by atoms with van der Waals surface area (Å²) in [6.07, 6.45) is 0. The number of rotatable bonds is 4. The number of carbonyl (C=O) groups excluding carboxylic acids is 1. The van der Waals surface area contributed by atoms with Gasteiger partial charge in [-0.1, -0.05) is 17.7 Å². The Balaban J connectivity index is 2.29. The van der Waals surface area contributed by atoms with Gasteiger partial charge >= 0.3 is 0 Å². The van der Waals surface area contributed by atoms with Crippen LogP contribution in [0.15, 0.2) is 34.7 Å². The van der Waals surface area contributed by atoms with E-state index in [0.29, 0.717) is 12.3 Å². The van der Waals surface area contributed by atoms with Crippen LogP contribution in [-0.4, -0.2) is 36.1 Å². The van der Waals surface area contributed by atoms with Gasteiger partial charge in [0.25, 0.3) is 5.91 Å². The van der Waals surface area contributed by atoms with Crippen molar-refractivity contribution in [3.63, 3.8) is 0 Å². The molecule has 0 aliphatic carbocycles. The van der Waals surface area contributed by atoms with Gasteiger partial charge in [0.1, 0.15) is 5.76 Å². The van der Waals surface area contributed by atoms with Crippen LogP contribution in [0.25, 0.3) is 11.3 Å². The molecule has 1 heterocycles. The van der Waals surface area contributed by atoms with E-state index in [1.807, 2.05) is 38.1 Å². The maximum Gasteiger partial charge on any atom is 0.289 e. The van der Waals surface area contributed by atoms with E-state index in [4.69, 9.17) is 9.52 Å². The highest BCUT2D eigenvalue weighted by molar-refractivity contribution is 5.92. The molecule has 0 saturated carbocycles.